The number of carbonyl (C=O) groups excluding carboxylic acids is 2. The number of carbonyl (C=O) groups is 2. The molecule has 2 aromatic heterocycles. The predicted molar refractivity (Wildman–Crippen MR) is 127 cm³/mol. The first-order valence-electron chi connectivity index (χ1n) is 11.6. The highest BCUT2D eigenvalue weighted by molar-refractivity contribution is 5.96. The number of hydrogen-bond acceptors (Lipinski definition) is 6. The van der Waals surface area contributed by atoms with Gasteiger partial charge in [0.1, 0.15) is 5.82 Å². The maximum atomic E-state index is 14.7. The van der Waals surface area contributed by atoms with E-state index < -0.39 is 11.7 Å². The molecular weight excluding hydrogens is 451 g/mol. The van der Waals surface area contributed by atoms with Gasteiger partial charge in [-0.15, -0.1) is 0 Å². The SMILES string of the molecule is O=C(c1ccncc1)N1CCN(C(=O)c2cc(Cc3n[nH]c(=O)c4c3NCCC4)ccc2F)CC1. The van der Waals surface area contributed by atoms with E-state index in [-0.39, 0.29) is 17.0 Å². The molecule has 180 valence electrons. The molecule has 4 heterocycles. The Kier molecular flexibility index (Phi) is 6.26. The minimum atomic E-state index is -0.594. The van der Waals surface area contributed by atoms with Gasteiger partial charge in [-0.2, -0.15) is 5.10 Å². The Morgan fingerprint density at radius 2 is 1.71 bits per heavy atom. The van der Waals surface area contributed by atoms with E-state index in [9.17, 15) is 18.8 Å². The van der Waals surface area contributed by atoms with Crippen LogP contribution in [-0.4, -0.2) is 69.5 Å². The minimum absolute atomic E-state index is 0.0114. The Bertz CT molecular complexity index is 1320. The average molecular weight is 477 g/mol. The third-order valence-corrected chi connectivity index (χ3v) is 6.48. The number of piperazine rings is 1. The largest absolute Gasteiger partial charge is 0.383 e. The molecule has 3 aromatic rings. The lowest BCUT2D eigenvalue weighted by Crippen LogP contribution is -2.50. The Morgan fingerprint density at radius 1 is 1.00 bits per heavy atom. The highest BCUT2D eigenvalue weighted by atomic mass is 19.1. The van der Waals surface area contributed by atoms with Crippen molar-refractivity contribution in [3.8, 4) is 0 Å². The first kappa shape index (κ1) is 22.7. The standard InChI is InChI=1S/C25H25FN6O3/c26-20-4-3-16(15-21-22-18(2-1-7-28-22)23(33)30-29-21)14-19(20)25(35)32-12-10-31(11-13-32)24(34)17-5-8-27-9-6-17/h3-6,8-9,14,28H,1-2,7,10-13,15H2,(H,30,33). The van der Waals surface area contributed by atoms with E-state index in [4.69, 9.17) is 0 Å². The van der Waals surface area contributed by atoms with Crippen molar-refractivity contribution in [2.75, 3.05) is 38.0 Å². The molecule has 0 spiro atoms. The molecule has 9 nitrogen and oxygen atoms in total. The van der Waals surface area contributed by atoms with Crippen LogP contribution in [0.2, 0.25) is 0 Å². The van der Waals surface area contributed by atoms with Crippen molar-refractivity contribution in [3.63, 3.8) is 0 Å². The summed E-state index contributed by atoms with van der Waals surface area (Å²) < 4.78 is 14.7. The van der Waals surface area contributed by atoms with Gasteiger partial charge in [-0.05, 0) is 42.7 Å². The monoisotopic (exact) mass is 476 g/mol. The third kappa shape index (κ3) is 4.64. The van der Waals surface area contributed by atoms with Crippen molar-refractivity contribution in [1.82, 2.24) is 25.0 Å². The number of benzene rings is 1. The van der Waals surface area contributed by atoms with Crippen LogP contribution in [0.15, 0.2) is 47.5 Å². The smallest absolute Gasteiger partial charge is 0.269 e. The molecule has 0 unspecified atom stereocenters. The third-order valence-electron chi connectivity index (χ3n) is 6.48. The normalized spacial score (nSPS) is 15.3. The second-order valence-electron chi connectivity index (χ2n) is 8.69. The molecule has 0 aliphatic carbocycles. The van der Waals surface area contributed by atoms with Gasteiger partial charge in [-0.1, -0.05) is 6.07 Å². The van der Waals surface area contributed by atoms with Crippen LogP contribution in [0.5, 0.6) is 0 Å². The summed E-state index contributed by atoms with van der Waals surface area (Å²) in [5, 5.41) is 9.99. The highest BCUT2D eigenvalue weighted by Crippen LogP contribution is 2.24. The van der Waals surface area contributed by atoms with Gasteiger partial charge in [0, 0.05) is 62.7 Å². The van der Waals surface area contributed by atoms with Gasteiger partial charge in [-0.25, -0.2) is 9.49 Å². The molecule has 35 heavy (non-hydrogen) atoms. The molecule has 0 saturated carbocycles. The molecule has 0 atom stereocenters. The van der Waals surface area contributed by atoms with Crippen molar-refractivity contribution in [3.05, 3.63) is 86.8 Å². The number of rotatable bonds is 4. The van der Waals surface area contributed by atoms with E-state index in [1.165, 1.54) is 6.07 Å². The van der Waals surface area contributed by atoms with Crippen molar-refractivity contribution >= 4 is 17.5 Å². The first-order chi connectivity index (χ1) is 17.0. The van der Waals surface area contributed by atoms with E-state index in [1.807, 2.05) is 0 Å². The van der Waals surface area contributed by atoms with Crippen LogP contribution in [0.3, 0.4) is 0 Å². The fraction of sp³-hybridized carbons (Fsp3) is 0.320. The lowest BCUT2D eigenvalue weighted by Gasteiger charge is -2.35. The zero-order valence-electron chi connectivity index (χ0n) is 19.1. The number of aromatic amines is 1. The van der Waals surface area contributed by atoms with Crippen LogP contribution >= 0.6 is 0 Å². The summed E-state index contributed by atoms with van der Waals surface area (Å²) in [5.74, 6) is -1.11. The highest BCUT2D eigenvalue weighted by Gasteiger charge is 2.27. The van der Waals surface area contributed by atoms with Crippen molar-refractivity contribution in [1.29, 1.82) is 0 Å². The second-order valence-corrected chi connectivity index (χ2v) is 8.69. The van der Waals surface area contributed by atoms with Crippen LogP contribution in [0.25, 0.3) is 0 Å². The van der Waals surface area contributed by atoms with Gasteiger partial charge in [0.05, 0.1) is 16.9 Å². The van der Waals surface area contributed by atoms with Gasteiger partial charge in [-0.3, -0.25) is 19.4 Å². The predicted octanol–water partition coefficient (Wildman–Crippen LogP) is 1.85. The van der Waals surface area contributed by atoms with Gasteiger partial charge in [0.25, 0.3) is 17.4 Å². The molecule has 10 heteroatoms. The van der Waals surface area contributed by atoms with Crippen LogP contribution in [0.4, 0.5) is 10.1 Å². The fourth-order valence-electron chi connectivity index (χ4n) is 4.58. The zero-order valence-corrected chi connectivity index (χ0v) is 19.1. The number of nitrogens with zero attached hydrogens (tertiary/aromatic N) is 4. The van der Waals surface area contributed by atoms with E-state index in [0.29, 0.717) is 55.8 Å². The molecule has 2 aliphatic heterocycles. The lowest BCUT2D eigenvalue weighted by atomic mass is 9.99. The molecule has 0 radical (unpaired) electrons. The molecule has 1 saturated heterocycles. The number of pyridine rings is 1. The fourth-order valence-corrected chi connectivity index (χ4v) is 4.58. The Balaban J connectivity index is 1.29. The molecule has 1 fully saturated rings. The summed E-state index contributed by atoms with van der Waals surface area (Å²) in [6.45, 7) is 2.13. The molecule has 0 bridgehead atoms. The topological polar surface area (TPSA) is 111 Å². The summed E-state index contributed by atoms with van der Waals surface area (Å²) in [4.78, 5) is 45.1. The van der Waals surface area contributed by atoms with Gasteiger partial charge >= 0.3 is 0 Å². The number of nitrogens with one attached hydrogen (secondary N) is 2. The van der Waals surface area contributed by atoms with Gasteiger partial charge in [0.2, 0.25) is 0 Å². The van der Waals surface area contributed by atoms with Crippen LogP contribution in [-0.2, 0) is 12.8 Å². The Hall–Kier alpha value is -4.08. The van der Waals surface area contributed by atoms with Gasteiger partial charge < -0.3 is 15.1 Å². The summed E-state index contributed by atoms with van der Waals surface area (Å²) in [6.07, 6.45) is 5.03. The first-order valence-corrected chi connectivity index (χ1v) is 11.6. The number of H-pyrrole nitrogens is 1. The van der Waals surface area contributed by atoms with E-state index >= 15 is 0 Å². The summed E-state index contributed by atoms with van der Waals surface area (Å²) in [5.41, 5.74) is 3.12. The minimum Gasteiger partial charge on any atom is -0.383 e. The Labute approximate surface area is 201 Å². The van der Waals surface area contributed by atoms with E-state index in [2.05, 4.69) is 20.5 Å². The Morgan fingerprint density at radius 3 is 2.46 bits per heavy atom. The van der Waals surface area contributed by atoms with Crippen molar-refractivity contribution < 1.29 is 14.0 Å². The lowest BCUT2D eigenvalue weighted by molar-refractivity contribution is 0.0532. The van der Waals surface area contributed by atoms with Crippen molar-refractivity contribution in [2.24, 2.45) is 0 Å². The van der Waals surface area contributed by atoms with E-state index in [1.54, 1.807) is 46.5 Å². The van der Waals surface area contributed by atoms with Crippen LogP contribution in [0, 0.1) is 5.82 Å². The summed E-state index contributed by atoms with van der Waals surface area (Å²) in [7, 11) is 0. The molecular formula is C25H25FN6O3. The average Bonchev–Trinajstić information content (AvgIpc) is 2.91. The second kappa shape index (κ2) is 9.65. The van der Waals surface area contributed by atoms with E-state index in [0.717, 1.165) is 24.2 Å². The number of halogens is 1. The van der Waals surface area contributed by atoms with Crippen LogP contribution in [0.1, 0.15) is 44.0 Å². The molecule has 1 aromatic carbocycles. The van der Waals surface area contributed by atoms with Gasteiger partial charge in [0.15, 0.2) is 0 Å². The maximum absolute atomic E-state index is 14.7. The number of anilines is 1. The molecule has 2 N–H and O–H groups in total. The number of amides is 2. The summed E-state index contributed by atoms with van der Waals surface area (Å²) >= 11 is 0. The molecule has 2 amide bonds. The number of aromatic nitrogens is 3. The molecule has 5 rings (SSSR count). The zero-order chi connectivity index (χ0) is 24.4. The van der Waals surface area contributed by atoms with Crippen molar-refractivity contribution in [2.45, 2.75) is 19.3 Å². The molecule has 2 aliphatic rings. The number of fused-ring (bicyclic) bond motifs is 1. The quantitative estimate of drug-likeness (QED) is 0.595. The number of hydrogen-bond donors (Lipinski definition) is 2. The van der Waals surface area contributed by atoms with Crippen LogP contribution < -0.4 is 10.9 Å². The summed E-state index contributed by atoms with van der Waals surface area (Å²) in [6, 6.07) is 7.78. The maximum Gasteiger partial charge on any atom is 0.269 e.